The molecule has 3 aromatic carbocycles. The number of ketones is 1. The Balaban J connectivity index is 1.64. The Morgan fingerprint density at radius 2 is 1.70 bits per heavy atom. The van der Waals surface area contributed by atoms with E-state index in [1.54, 1.807) is 30.3 Å². The van der Waals surface area contributed by atoms with Gasteiger partial charge in [-0.3, -0.25) is 4.79 Å². The summed E-state index contributed by atoms with van der Waals surface area (Å²) >= 11 is 0. The molecule has 0 spiro atoms. The molecule has 1 fully saturated rings. The highest BCUT2D eigenvalue weighted by Gasteiger charge is 2.57. The van der Waals surface area contributed by atoms with Gasteiger partial charge in [-0.05, 0) is 48.9 Å². The summed E-state index contributed by atoms with van der Waals surface area (Å²) in [6, 6.07) is 24.0. The van der Waals surface area contributed by atoms with Crippen molar-refractivity contribution in [2.45, 2.75) is 18.9 Å². The van der Waals surface area contributed by atoms with Crippen molar-refractivity contribution in [2.75, 3.05) is 11.4 Å². The van der Waals surface area contributed by atoms with Gasteiger partial charge in [-0.15, -0.1) is 0 Å². The fourth-order valence-corrected chi connectivity index (χ4v) is 4.12. The molecular formula is C25H20N2O3. The van der Waals surface area contributed by atoms with E-state index in [0.717, 1.165) is 11.3 Å². The molecule has 0 aromatic heterocycles. The first-order chi connectivity index (χ1) is 14.6. The largest absolute Gasteiger partial charge is 0.439 e. The third kappa shape index (κ3) is 2.82. The summed E-state index contributed by atoms with van der Waals surface area (Å²) in [6.07, 6.45) is 0.353. The number of anilines is 1. The Labute approximate surface area is 174 Å². The number of amidine groups is 1. The standard InChI is InChI=1S/C25H20N2O3/c1-17-12-13-20-21(16-17)26-24-25(22(20)28,30-23(29)18-8-4-2-5-9-18)14-15-27(24)19-10-6-3-7-11-19/h2-13,16H,14-15H2,1H3/t25-/m0/s1. The molecule has 0 radical (unpaired) electrons. The van der Waals surface area contributed by atoms with E-state index in [1.165, 1.54) is 0 Å². The number of carbonyl (C=O) groups is 2. The molecule has 2 aliphatic heterocycles. The van der Waals surface area contributed by atoms with E-state index >= 15 is 0 Å². The van der Waals surface area contributed by atoms with Crippen LogP contribution in [0.3, 0.4) is 0 Å². The van der Waals surface area contributed by atoms with Crippen LogP contribution in [0.15, 0.2) is 83.9 Å². The number of hydrogen-bond acceptors (Lipinski definition) is 5. The van der Waals surface area contributed by atoms with Gasteiger partial charge in [0.25, 0.3) is 0 Å². The van der Waals surface area contributed by atoms with Gasteiger partial charge in [0.05, 0.1) is 11.3 Å². The Morgan fingerprint density at radius 1 is 1.00 bits per heavy atom. The Kier molecular flexibility index (Phi) is 4.24. The minimum atomic E-state index is -1.43. The zero-order valence-corrected chi connectivity index (χ0v) is 16.5. The van der Waals surface area contributed by atoms with E-state index in [2.05, 4.69) is 0 Å². The summed E-state index contributed by atoms with van der Waals surface area (Å²) in [7, 11) is 0. The molecule has 1 atom stereocenters. The number of Topliss-reactive ketones (excluding diaryl/α,β-unsaturated/α-hetero) is 1. The normalized spacial score (nSPS) is 19.7. The number of aliphatic imine (C=N–C) groups is 1. The van der Waals surface area contributed by atoms with Crippen molar-refractivity contribution < 1.29 is 14.3 Å². The van der Waals surface area contributed by atoms with E-state index < -0.39 is 11.6 Å². The zero-order valence-electron chi connectivity index (χ0n) is 16.5. The van der Waals surface area contributed by atoms with Crippen LogP contribution in [0.5, 0.6) is 0 Å². The Hall–Kier alpha value is -3.73. The number of nitrogens with zero attached hydrogens (tertiary/aromatic N) is 2. The lowest BCUT2D eigenvalue weighted by molar-refractivity contribution is 0.0139. The van der Waals surface area contributed by atoms with Gasteiger partial charge in [-0.25, -0.2) is 9.79 Å². The number of ether oxygens (including phenoxy) is 1. The fraction of sp³-hybridized carbons (Fsp3) is 0.160. The third-order valence-electron chi connectivity index (χ3n) is 5.64. The van der Waals surface area contributed by atoms with Gasteiger partial charge in [0.15, 0.2) is 5.84 Å². The fourth-order valence-electron chi connectivity index (χ4n) is 4.12. The van der Waals surface area contributed by atoms with Crippen molar-refractivity contribution >= 4 is 29.0 Å². The predicted molar refractivity (Wildman–Crippen MR) is 116 cm³/mol. The van der Waals surface area contributed by atoms with Gasteiger partial charge in [0.1, 0.15) is 0 Å². The smallest absolute Gasteiger partial charge is 0.339 e. The SMILES string of the molecule is Cc1ccc2c(c1)N=C1N(c3ccccc3)CC[C@]1(OC(=O)c1ccccc1)C2=O. The lowest BCUT2D eigenvalue weighted by Crippen LogP contribution is -2.52. The maximum Gasteiger partial charge on any atom is 0.339 e. The predicted octanol–water partition coefficient (Wildman–Crippen LogP) is 4.73. The molecule has 5 heteroatoms. The number of aryl methyl sites for hydroxylation is 1. The van der Waals surface area contributed by atoms with Crippen LogP contribution in [0, 0.1) is 6.92 Å². The van der Waals surface area contributed by atoms with E-state index in [-0.39, 0.29) is 5.78 Å². The average molecular weight is 396 g/mol. The van der Waals surface area contributed by atoms with Crippen LogP contribution in [-0.2, 0) is 4.74 Å². The lowest BCUT2D eigenvalue weighted by Gasteiger charge is -2.33. The topological polar surface area (TPSA) is 59.0 Å². The van der Waals surface area contributed by atoms with Crippen molar-refractivity contribution in [2.24, 2.45) is 4.99 Å². The first-order valence-electron chi connectivity index (χ1n) is 9.94. The van der Waals surface area contributed by atoms with Crippen molar-refractivity contribution in [3.8, 4) is 0 Å². The number of rotatable bonds is 3. The van der Waals surface area contributed by atoms with Crippen LogP contribution in [0.2, 0.25) is 0 Å². The van der Waals surface area contributed by atoms with E-state index in [0.29, 0.717) is 35.6 Å². The van der Waals surface area contributed by atoms with Crippen molar-refractivity contribution in [3.63, 3.8) is 0 Å². The van der Waals surface area contributed by atoms with E-state index in [1.807, 2.05) is 60.4 Å². The molecule has 5 rings (SSSR count). The molecule has 0 N–H and O–H groups in total. The monoisotopic (exact) mass is 396 g/mol. The lowest BCUT2D eigenvalue weighted by atomic mass is 9.86. The van der Waals surface area contributed by atoms with Gasteiger partial charge in [0.2, 0.25) is 11.4 Å². The highest BCUT2D eigenvalue weighted by Crippen LogP contribution is 2.42. The Bertz CT molecular complexity index is 1170. The summed E-state index contributed by atoms with van der Waals surface area (Å²) in [5.41, 5.74) is 2.02. The second-order valence-electron chi connectivity index (χ2n) is 7.60. The molecule has 1 saturated heterocycles. The van der Waals surface area contributed by atoms with Crippen molar-refractivity contribution in [3.05, 3.63) is 95.6 Å². The van der Waals surface area contributed by atoms with E-state index in [4.69, 9.17) is 9.73 Å². The molecule has 3 aromatic rings. The summed E-state index contributed by atoms with van der Waals surface area (Å²) in [5.74, 6) is -0.270. The summed E-state index contributed by atoms with van der Waals surface area (Å²) in [4.78, 5) is 33.5. The van der Waals surface area contributed by atoms with Crippen molar-refractivity contribution in [1.82, 2.24) is 0 Å². The molecule has 148 valence electrons. The first kappa shape index (κ1) is 18.3. The quantitative estimate of drug-likeness (QED) is 0.601. The highest BCUT2D eigenvalue weighted by molar-refractivity contribution is 6.29. The number of benzene rings is 3. The van der Waals surface area contributed by atoms with Gasteiger partial charge in [0, 0.05) is 24.2 Å². The van der Waals surface area contributed by atoms with Crippen LogP contribution >= 0.6 is 0 Å². The molecule has 0 amide bonds. The van der Waals surface area contributed by atoms with Crippen molar-refractivity contribution in [1.29, 1.82) is 0 Å². The van der Waals surface area contributed by atoms with E-state index in [9.17, 15) is 9.59 Å². The second kappa shape index (κ2) is 6.95. The third-order valence-corrected chi connectivity index (χ3v) is 5.64. The summed E-state index contributed by atoms with van der Waals surface area (Å²) in [6.45, 7) is 2.50. The minimum Gasteiger partial charge on any atom is -0.439 e. The van der Waals surface area contributed by atoms with Crippen LogP contribution < -0.4 is 4.90 Å². The maximum atomic E-state index is 13.7. The number of hydrogen-bond donors (Lipinski definition) is 0. The average Bonchev–Trinajstić information content (AvgIpc) is 3.14. The molecule has 0 aliphatic carbocycles. The summed E-state index contributed by atoms with van der Waals surface area (Å²) in [5, 5.41) is 0. The van der Waals surface area contributed by atoms with Crippen LogP contribution in [-0.4, -0.2) is 29.7 Å². The Morgan fingerprint density at radius 3 is 2.43 bits per heavy atom. The number of para-hydroxylation sites is 1. The number of carbonyl (C=O) groups excluding carboxylic acids is 2. The van der Waals surface area contributed by atoms with Gasteiger partial charge in [-0.2, -0.15) is 0 Å². The zero-order chi connectivity index (χ0) is 20.7. The molecule has 2 heterocycles. The first-order valence-corrected chi connectivity index (χ1v) is 9.94. The molecule has 0 bridgehead atoms. The van der Waals surface area contributed by atoms with Crippen LogP contribution in [0.1, 0.15) is 32.7 Å². The maximum absolute atomic E-state index is 13.7. The minimum absolute atomic E-state index is 0.217. The van der Waals surface area contributed by atoms with Gasteiger partial charge >= 0.3 is 5.97 Å². The van der Waals surface area contributed by atoms with Gasteiger partial charge < -0.3 is 9.64 Å². The number of esters is 1. The summed E-state index contributed by atoms with van der Waals surface area (Å²) < 4.78 is 5.98. The molecule has 2 aliphatic rings. The molecule has 5 nitrogen and oxygen atoms in total. The highest BCUT2D eigenvalue weighted by atomic mass is 16.6. The second-order valence-corrected chi connectivity index (χ2v) is 7.60. The molecule has 0 unspecified atom stereocenters. The van der Waals surface area contributed by atoms with Crippen LogP contribution in [0.4, 0.5) is 11.4 Å². The number of fused-ring (bicyclic) bond motifs is 2. The van der Waals surface area contributed by atoms with Crippen LogP contribution in [0.25, 0.3) is 0 Å². The van der Waals surface area contributed by atoms with Gasteiger partial charge in [-0.1, -0.05) is 42.5 Å². The molecule has 30 heavy (non-hydrogen) atoms. The molecule has 0 saturated carbocycles. The molecular weight excluding hydrogens is 376 g/mol.